The second kappa shape index (κ2) is 6.33. The van der Waals surface area contributed by atoms with Gasteiger partial charge in [0.15, 0.2) is 0 Å². The number of aromatic carboxylic acids is 1. The van der Waals surface area contributed by atoms with Crippen molar-refractivity contribution < 1.29 is 24.5 Å². The number of rotatable bonds is 3. The second-order valence-electron chi connectivity index (χ2n) is 5.57. The van der Waals surface area contributed by atoms with Crippen molar-refractivity contribution in [3.8, 4) is 16.9 Å². The van der Waals surface area contributed by atoms with E-state index in [0.29, 0.717) is 35.6 Å². The molecule has 0 aromatic heterocycles. The second-order valence-corrected chi connectivity index (χ2v) is 5.57. The van der Waals surface area contributed by atoms with E-state index in [1.807, 2.05) is 19.1 Å². The Hall–Kier alpha value is -2.86. The van der Waals surface area contributed by atoms with Gasteiger partial charge in [-0.3, -0.25) is 4.79 Å². The number of nitrogens with one attached hydrogen (secondary N) is 1. The molecule has 0 atom stereocenters. The molecule has 124 valence electrons. The Kier molecular flexibility index (Phi) is 4.22. The van der Waals surface area contributed by atoms with Crippen molar-refractivity contribution in [1.82, 2.24) is 5.32 Å². The van der Waals surface area contributed by atoms with Gasteiger partial charge in [-0.05, 0) is 35.7 Å². The molecule has 0 spiro atoms. The summed E-state index contributed by atoms with van der Waals surface area (Å²) in [4.78, 5) is 23.7. The van der Waals surface area contributed by atoms with Gasteiger partial charge >= 0.3 is 5.97 Å². The lowest BCUT2D eigenvalue weighted by Gasteiger charge is -2.17. The summed E-state index contributed by atoms with van der Waals surface area (Å²) >= 11 is 0. The van der Waals surface area contributed by atoms with Crippen molar-refractivity contribution >= 4 is 11.9 Å². The minimum atomic E-state index is -1.13. The highest BCUT2D eigenvalue weighted by Crippen LogP contribution is 2.38. The quantitative estimate of drug-likeness (QED) is 0.801. The first kappa shape index (κ1) is 16.0. The first-order valence-corrected chi connectivity index (χ1v) is 7.55. The zero-order valence-electron chi connectivity index (χ0n) is 13.1. The van der Waals surface area contributed by atoms with Crippen molar-refractivity contribution in [2.24, 2.45) is 0 Å². The van der Waals surface area contributed by atoms with Gasteiger partial charge in [0.2, 0.25) is 0 Å². The van der Waals surface area contributed by atoms with Crippen molar-refractivity contribution in [2.45, 2.75) is 13.5 Å². The number of fused-ring (bicyclic) bond motifs is 1. The Labute approximate surface area is 138 Å². The maximum atomic E-state index is 12.3. The molecule has 0 bridgehead atoms. The van der Waals surface area contributed by atoms with Crippen LogP contribution in [0.1, 0.15) is 31.8 Å². The Bertz CT molecular complexity index is 828. The highest BCUT2D eigenvalue weighted by atomic mass is 16.5. The van der Waals surface area contributed by atoms with E-state index < -0.39 is 5.97 Å². The minimum Gasteiger partial charge on any atom is -0.490 e. The van der Waals surface area contributed by atoms with Gasteiger partial charge in [-0.1, -0.05) is 18.2 Å². The third kappa shape index (κ3) is 2.72. The van der Waals surface area contributed by atoms with E-state index in [9.17, 15) is 19.8 Å². The van der Waals surface area contributed by atoms with Gasteiger partial charge in [-0.2, -0.15) is 0 Å². The van der Waals surface area contributed by atoms with Crippen LogP contribution in [0, 0.1) is 6.92 Å². The number of carboxylic acids is 1. The average Bonchev–Trinajstić information content (AvgIpc) is 2.75. The predicted molar refractivity (Wildman–Crippen MR) is 87.3 cm³/mol. The molecular formula is C18H17NO5. The molecule has 2 aromatic rings. The largest absolute Gasteiger partial charge is 0.490 e. The lowest BCUT2D eigenvalue weighted by Crippen LogP contribution is -2.24. The fourth-order valence-corrected chi connectivity index (χ4v) is 2.85. The van der Waals surface area contributed by atoms with Gasteiger partial charge in [0, 0.05) is 5.56 Å². The molecule has 1 amide bonds. The molecule has 6 nitrogen and oxygen atoms in total. The number of carbonyl (C=O) groups is 2. The highest BCUT2D eigenvalue weighted by Gasteiger charge is 2.24. The van der Waals surface area contributed by atoms with Gasteiger partial charge in [0.25, 0.3) is 5.91 Å². The zero-order chi connectivity index (χ0) is 17.3. The standard InChI is InChI=1S/C18H17NO5/c1-10-3-2-4-12(15(10)9-20)13-7-11(18(22)23)8-14-16(13)24-6-5-19-17(14)21/h2-4,7-8,20H,5-6,9H2,1H3,(H,19,21)(H,22,23). The highest BCUT2D eigenvalue weighted by molar-refractivity contribution is 6.03. The van der Waals surface area contributed by atoms with Crippen LogP contribution < -0.4 is 10.1 Å². The Balaban J connectivity index is 2.33. The number of hydrogen-bond donors (Lipinski definition) is 3. The summed E-state index contributed by atoms with van der Waals surface area (Å²) in [6.45, 7) is 2.30. The van der Waals surface area contributed by atoms with E-state index >= 15 is 0 Å². The summed E-state index contributed by atoms with van der Waals surface area (Å²) in [6.07, 6.45) is 0. The fraction of sp³-hybridized carbons (Fsp3) is 0.222. The van der Waals surface area contributed by atoms with Gasteiger partial charge in [0.05, 0.1) is 24.3 Å². The van der Waals surface area contributed by atoms with Crippen molar-refractivity contribution in [3.05, 3.63) is 52.6 Å². The van der Waals surface area contributed by atoms with Gasteiger partial charge < -0.3 is 20.3 Å². The van der Waals surface area contributed by atoms with E-state index in [1.54, 1.807) is 6.07 Å². The first-order valence-electron chi connectivity index (χ1n) is 7.55. The lowest BCUT2D eigenvalue weighted by atomic mass is 9.92. The summed E-state index contributed by atoms with van der Waals surface area (Å²) < 4.78 is 5.72. The van der Waals surface area contributed by atoms with E-state index in [1.165, 1.54) is 12.1 Å². The molecule has 1 heterocycles. The number of carbonyl (C=O) groups excluding carboxylic acids is 1. The lowest BCUT2D eigenvalue weighted by molar-refractivity contribution is 0.0697. The van der Waals surface area contributed by atoms with Crippen LogP contribution in [0.5, 0.6) is 5.75 Å². The summed E-state index contributed by atoms with van der Waals surface area (Å²) in [7, 11) is 0. The van der Waals surface area contributed by atoms with Gasteiger partial charge in [-0.25, -0.2) is 4.79 Å². The number of aliphatic hydroxyl groups is 1. The molecule has 2 aromatic carbocycles. The van der Waals surface area contributed by atoms with Crippen LogP contribution in [-0.2, 0) is 6.61 Å². The number of amides is 1. The van der Waals surface area contributed by atoms with Crippen LogP contribution in [0.4, 0.5) is 0 Å². The number of aryl methyl sites for hydroxylation is 1. The van der Waals surface area contributed by atoms with E-state index in [0.717, 1.165) is 5.56 Å². The number of benzene rings is 2. The topological polar surface area (TPSA) is 95.9 Å². The molecule has 24 heavy (non-hydrogen) atoms. The maximum absolute atomic E-state index is 12.3. The third-order valence-electron chi connectivity index (χ3n) is 4.07. The third-order valence-corrected chi connectivity index (χ3v) is 4.07. The van der Waals surface area contributed by atoms with Crippen LogP contribution in [0.3, 0.4) is 0 Å². The Morgan fingerprint density at radius 1 is 1.25 bits per heavy atom. The molecule has 0 aliphatic carbocycles. The number of hydrogen-bond acceptors (Lipinski definition) is 4. The molecule has 1 aliphatic heterocycles. The normalized spacial score (nSPS) is 13.5. The van der Waals surface area contributed by atoms with Crippen molar-refractivity contribution in [3.63, 3.8) is 0 Å². The van der Waals surface area contributed by atoms with Gasteiger partial charge in [0.1, 0.15) is 12.4 Å². The molecule has 0 saturated heterocycles. The SMILES string of the molecule is Cc1cccc(-c2cc(C(=O)O)cc3c2OCCNC3=O)c1CO. The number of aliphatic hydroxyl groups excluding tert-OH is 1. The molecule has 6 heteroatoms. The molecule has 0 radical (unpaired) electrons. The summed E-state index contributed by atoms with van der Waals surface area (Å²) in [5, 5.41) is 21.8. The molecule has 0 fully saturated rings. The number of ether oxygens (including phenoxy) is 1. The maximum Gasteiger partial charge on any atom is 0.335 e. The minimum absolute atomic E-state index is 0.00482. The Morgan fingerprint density at radius 3 is 2.71 bits per heavy atom. The predicted octanol–water partition coefficient (Wildman–Crippen LogP) is 1.97. The number of carboxylic acid groups (broad SMARTS) is 1. The smallest absolute Gasteiger partial charge is 0.335 e. The van der Waals surface area contributed by atoms with Crippen LogP contribution in [0.25, 0.3) is 11.1 Å². The van der Waals surface area contributed by atoms with E-state index in [4.69, 9.17) is 4.74 Å². The van der Waals surface area contributed by atoms with Crippen molar-refractivity contribution in [2.75, 3.05) is 13.2 Å². The summed E-state index contributed by atoms with van der Waals surface area (Å²) in [5.41, 5.74) is 2.89. The van der Waals surface area contributed by atoms with Crippen LogP contribution in [-0.4, -0.2) is 35.2 Å². The molecule has 1 aliphatic rings. The molecule has 0 unspecified atom stereocenters. The molecule has 3 N–H and O–H groups in total. The van der Waals surface area contributed by atoms with Crippen LogP contribution in [0.15, 0.2) is 30.3 Å². The Morgan fingerprint density at radius 2 is 2.00 bits per heavy atom. The molecule has 0 saturated carbocycles. The summed E-state index contributed by atoms with van der Waals surface area (Å²) in [6, 6.07) is 8.26. The molecular weight excluding hydrogens is 310 g/mol. The first-order chi connectivity index (χ1) is 11.5. The van der Waals surface area contributed by atoms with Gasteiger partial charge in [-0.15, -0.1) is 0 Å². The zero-order valence-corrected chi connectivity index (χ0v) is 13.1. The average molecular weight is 327 g/mol. The van der Waals surface area contributed by atoms with E-state index in [-0.39, 0.29) is 23.6 Å². The van der Waals surface area contributed by atoms with E-state index in [2.05, 4.69) is 5.32 Å². The van der Waals surface area contributed by atoms with Crippen LogP contribution in [0.2, 0.25) is 0 Å². The molecule has 3 rings (SSSR count). The monoisotopic (exact) mass is 327 g/mol. The fourth-order valence-electron chi connectivity index (χ4n) is 2.85. The van der Waals surface area contributed by atoms with Crippen molar-refractivity contribution in [1.29, 1.82) is 0 Å². The summed E-state index contributed by atoms with van der Waals surface area (Å²) in [5.74, 6) is -1.16. The van der Waals surface area contributed by atoms with Crippen LogP contribution >= 0.6 is 0 Å².